The topological polar surface area (TPSA) is 38.8 Å². The van der Waals surface area contributed by atoms with Crippen LogP contribution in [-0.2, 0) is 4.74 Å². The maximum Gasteiger partial charge on any atom is 0.513 e. The van der Waals surface area contributed by atoms with E-state index in [0.717, 1.165) is 17.8 Å². The van der Waals surface area contributed by atoms with E-state index in [9.17, 15) is 4.79 Å². The molecule has 0 atom stereocenters. The first-order valence-electron chi connectivity index (χ1n) is 8.45. The van der Waals surface area contributed by atoms with E-state index in [-0.39, 0.29) is 12.5 Å². The van der Waals surface area contributed by atoms with Crippen LogP contribution in [0.1, 0.15) is 32.3 Å². The molecule has 2 rings (SSSR count). The molecule has 0 aliphatic heterocycles. The average Bonchev–Trinajstić information content (AvgIpc) is 2.59. The number of para-hydroxylation sites is 1. The fraction of sp³-hybridized carbons (Fsp3) is 0.350. The molecular weight excluding hydrogens is 338 g/mol. The molecule has 0 aromatic heterocycles. The number of hydrogen-bond acceptors (Lipinski definition) is 4. The second-order valence-electron chi connectivity index (χ2n) is 5.95. The van der Waals surface area contributed by atoms with Crippen LogP contribution >= 0.6 is 11.6 Å². The van der Waals surface area contributed by atoms with Crippen molar-refractivity contribution in [1.82, 2.24) is 0 Å². The van der Waals surface area contributed by atoms with E-state index in [4.69, 9.17) is 21.1 Å². The van der Waals surface area contributed by atoms with Crippen molar-refractivity contribution in [3.8, 4) is 5.75 Å². The highest BCUT2D eigenvalue weighted by Crippen LogP contribution is 2.26. The maximum absolute atomic E-state index is 12.0. The van der Waals surface area contributed by atoms with Gasteiger partial charge in [-0.1, -0.05) is 49.7 Å². The summed E-state index contributed by atoms with van der Waals surface area (Å²) in [7, 11) is 0. The number of carbonyl (C=O) groups excluding carboxylic acids is 1. The zero-order valence-electron chi connectivity index (χ0n) is 14.9. The summed E-state index contributed by atoms with van der Waals surface area (Å²) in [5.41, 5.74) is 1.98. The Hall–Kier alpha value is -2.20. The Labute approximate surface area is 154 Å². The van der Waals surface area contributed by atoms with Crippen LogP contribution in [-0.4, -0.2) is 25.9 Å². The summed E-state index contributed by atoms with van der Waals surface area (Å²) in [5, 5.41) is 0.682. The van der Waals surface area contributed by atoms with Crippen molar-refractivity contribution in [2.24, 2.45) is 0 Å². The van der Waals surface area contributed by atoms with Crippen LogP contribution in [0.25, 0.3) is 0 Å². The number of halogens is 1. The number of nitrogens with zero attached hydrogens (tertiary/aromatic N) is 1. The standard InChI is InChI=1S/C20H24ClNO3/c1-4-22(17-9-7-8-16(21)14-17)12-13-24-20(23)25-19-11-6-5-10-18(19)15(2)3/h5-11,14-15H,4,12-13H2,1-3H3. The zero-order chi connectivity index (χ0) is 18.2. The largest absolute Gasteiger partial charge is 0.513 e. The Morgan fingerprint density at radius 2 is 1.92 bits per heavy atom. The van der Waals surface area contributed by atoms with Crippen LogP contribution in [0.2, 0.25) is 5.02 Å². The second kappa shape index (κ2) is 9.33. The predicted octanol–water partition coefficient (Wildman–Crippen LogP) is 5.51. The van der Waals surface area contributed by atoms with E-state index >= 15 is 0 Å². The van der Waals surface area contributed by atoms with Gasteiger partial charge in [0.15, 0.2) is 0 Å². The van der Waals surface area contributed by atoms with Gasteiger partial charge in [-0.3, -0.25) is 0 Å². The van der Waals surface area contributed by atoms with Crippen LogP contribution in [0, 0.1) is 0 Å². The third kappa shape index (κ3) is 5.68. The zero-order valence-corrected chi connectivity index (χ0v) is 15.6. The van der Waals surface area contributed by atoms with Crippen molar-refractivity contribution in [2.75, 3.05) is 24.6 Å². The summed E-state index contributed by atoms with van der Waals surface area (Å²) < 4.78 is 10.6. The molecule has 0 amide bonds. The summed E-state index contributed by atoms with van der Waals surface area (Å²) in [5.74, 6) is 0.812. The molecule has 2 aromatic carbocycles. The van der Waals surface area contributed by atoms with Crippen molar-refractivity contribution in [1.29, 1.82) is 0 Å². The van der Waals surface area contributed by atoms with Crippen LogP contribution in [0.5, 0.6) is 5.75 Å². The van der Waals surface area contributed by atoms with Crippen LogP contribution in [0.4, 0.5) is 10.5 Å². The highest BCUT2D eigenvalue weighted by atomic mass is 35.5. The highest BCUT2D eigenvalue weighted by molar-refractivity contribution is 6.30. The number of benzene rings is 2. The highest BCUT2D eigenvalue weighted by Gasteiger charge is 2.13. The second-order valence-corrected chi connectivity index (χ2v) is 6.39. The Morgan fingerprint density at radius 1 is 1.16 bits per heavy atom. The number of ether oxygens (including phenoxy) is 2. The summed E-state index contributed by atoms with van der Waals surface area (Å²) in [6.07, 6.45) is -0.685. The van der Waals surface area contributed by atoms with Gasteiger partial charge in [-0.2, -0.15) is 0 Å². The molecule has 0 aliphatic carbocycles. The monoisotopic (exact) mass is 361 g/mol. The summed E-state index contributed by atoms with van der Waals surface area (Å²) in [4.78, 5) is 14.0. The van der Waals surface area contributed by atoms with Crippen molar-refractivity contribution < 1.29 is 14.3 Å². The SMILES string of the molecule is CCN(CCOC(=O)Oc1ccccc1C(C)C)c1cccc(Cl)c1. The third-order valence-electron chi connectivity index (χ3n) is 3.87. The minimum atomic E-state index is -0.685. The Kier molecular flexibility index (Phi) is 7.14. The van der Waals surface area contributed by atoms with Crippen LogP contribution in [0.15, 0.2) is 48.5 Å². The van der Waals surface area contributed by atoms with Gasteiger partial charge in [-0.05, 0) is 42.7 Å². The quantitative estimate of drug-likeness (QED) is 0.481. The smallest absolute Gasteiger partial charge is 0.432 e. The van der Waals surface area contributed by atoms with Gasteiger partial charge >= 0.3 is 6.16 Å². The molecule has 0 unspecified atom stereocenters. The van der Waals surface area contributed by atoms with E-state index < -0.39 is 6.16 Å². The lowest BCUT2D eigenvalue weighted by atomic mass is 10.0. The van der Waals surface area contributed by atoms with E-state index in [0.29, 0.717) is 17.3 Å². The molecule has 0 N–H and O–H groups in total. The van der Waals surface area contributed by atoms with E-state index in [2.05, 4.69) is 18.7 Å². The third-order valence-corrected chi connectivity index (χ3v) is 4.11. The lowest BCUT2D eigenvalue weighted by molar-refractivity contribution is 0.101. The number of rotatable bonds is 7. The number of likely N-dealkylation sites (N-methyl/N-ethyl adjacent to an activating group) is 1. The van der Waals surface area contributed by atoms with Gasteiger partial charge in [0.05, 0.1) is 6.54 Å². The van der Waals surface area contributed by atoms with Crippen molar-refractivity contribution in [3.63, 3.8) is 0 Å². The first kappa shape index (κ1) is 19.1. The van der Waals surface area contributed by atoms with Crippen molar-refractivity contribution in [3.05, 3.63) is 59.1 Å². The molecule has 4 nitrogen and oxygen atoms in total. The van der Waals surface area contributed by atoms with E-state index in [1.165, 1.54) is 0 Å². The summed E-state index contributed by atoms with van der Waals surface area (Å²) in [6.45, 7) is 7.74. The molecule has 0 fully saturated rings. The van der Waals surface area contributed by atoms with Gasteiger partial charge in [0, 0.05) is 17.3 Å². The molecule has 5 heteroatoms. The fourth-order valence-corrected chi connectivity index (χ4v) is 2.74. The molecule has 0 saturated carbocycles. The van der Waals surface area contributed by atoms with Crippen LogP contribution < -0.4 is 9.64 Å². The lowest BCUT2D eigenvalue weighted by Gasteiger charge is -2.23. The first-order chi connectivity index (χ1) is 12.0. The summed E-state index contributed by atoms with van der Waals surface area (Å²) >= 11 is 6.03. The molecular formula is C20H24ClNO3. The normalized spacial score (nSPS) is 10.6. The van der Waals surface area contributed by atoms with Gasteiger partial charge in [-0.25, -0.2) is 4.79 Å². The number of carbonyl (C=O) groups is 1. The van der Waals surface area contributed by atoms with Gasteiger partial charge in [0.1, 0.15) is 12.4 Å². The minimum absolute atomic E-state index is 0.239. The maximum atomic E-state index is 12.0. The Balaban J connectivity index is 1.88. The average molecular weight is 362 g/mol. The first-order valence-corrected chi connectivity index (χ1v) is 8.83. The number of anilines is 1. The molecule has 2 aromatic rings. The van der Waals surface area contributed by atoms with Gasteiger partial charge in [0.25, 0.3) is 0 Å². The molecule has 25 heavy (non-hydrogen) atoms. The van der Waals surface area contributed by atoms with Gasteiger partial charge in [0.2, 0.25) is 0 Å². The predicted molar refractivity (Wildman–Crippen MR) is 102 cm³/mol. The van der Waals surface area contributed by atoms with Crippen LogP contribution in [0.3, 0.4) is 0 Å². The Bertz CT molecular complexity index is 703. The molecule has 134 valence electrons. The van der Waals surface area contributed by atoms with E-state index in [1.807, 2.05) is 49.4 Å². The fourth-order valence-electron chi connectivity index (χ4n) is 2.55. The Morgan fingerprint density at radius 3 is 2.60 bits per heavy atom. The van der Waals surface area contributed by atoms with Gasteiger partial charge in [-0.15, -0.1) is 0 Å². The van der Waals surface area contributed by atoms with E-state index in [1.54, 1.807) is 6.07 Å². The molecule has 0 radical (unpaired) electrons. The summed E-state index contributed by atoms with van der Waals surface area (Å²) in [6, 6.07) is 15.1. The molecule has 0 saturated heterocycles. The van der Waals surface area contributed by atoms with Crippen molar-refractivity contribution in [2.45, 2.75) is 26.7 Å². The van der Waals surface area contributed by atoms with Gasteiger partial charge < -0.3 is 14.4 Å². The molecule has 0 aliphatic rings. The number of hydrogen-bond donors (Lipinski definition) is 0. The van der Waals surface area contributed by atoms with Crippen molar-refractivity contribution >= 4 is 23.4 Å². The lowest BCUT2D eigenvalue weighted by Crippen LogP contribution is -2.28. The minimum Gasteiger partial charge on any atom is -0.432 e. The molecule has 0 spiro atoms. The molecule has 0 bridgehead atoms. The molecule has 0 heterocycles.